The van der Waals surface area contributed by atoms with E-state index in [0.29, 0.717) is 5.56 Å². The number of rotatable bonds is 7. The van der Waals surface area contributed by atoms with E-state index in [4.69, 9.17) is 11.6 Å². The number of carbonyl (C=O) groups excluding carboxylic acids is 1. The number of amides is 1. The Hall–Kier alpha value is -2.07. The molecular weight excluding hydrogens is 424 g/mol. The van der Waals surface area contributed by atoms with Gasteiger partial charge in [-0.05, 0) is 49.7 Å². The van der Waals surface area contributed by atoms with E-state index in [-0.39, 0.29) is 15.6 Å². The Labute approximate surface area is 173 Å². The van der Waals surface area contributed by atoms with Gasteiger partial charge in [-0.15, -0.1) is 0 Å². The molecule has 2 aromatic carbocycles. The Morgan fingerprint density at radius 1 is 1.07 bits per heavy atom. The first-order valence-corrected chi connectivity index (χ1v) is 10.5. The molecule has 2 aromatic rings. The van der Waals surface area contributed by atoms with Crippen molar-refractivity contribution in [2.45, 2.75) is 30.8 Å². The molecule has 0 bridgehead atoms. The van der Waals surface area contributed by atoms with E-state index in [1.165, 1.54) is 38.4 Å². The largest absolute Gasteiger partial charge is 0.325 e. The van der Waals surface area contributed by atoms with Gasteiger partial charge in [0.25, 0.3) is 0 Å². The molecule has 0 saturated carbocycles. The molecule has 0 heterocycles. The summed E-state index contributed by atoms with van der Waals surface area (Å²) < 4.78 is 52.2. The number of benzene rings is 2. The predicted octanol–water partition coefficient (Wildman–Crippen LogP) is 3.55. The molecule has 0 aliphatic carbocycles. The maximum Gasteiger partial charge on any atom is 0.244 e. The van der Waals surface area contributed by atoms with Crippen molar-refractivity contribution in [2.75, 3.05) is 19.4 Å². The fraction of sp³-hybridized carbons (Fsp3) is 0.316. The Morgan fingerprint density at radius 2 is 1.72 bits per heavy atom. The number of nitrogens with one attached hydrogen (secondary N) is 2. The standard InChI is InChI=1S/C19H22ClF2N3O3S/c1-11(13-5-8-16(21)17(22)9-13)23-12(2)19(26)24-14-6-7-15(20)18(10-14)29(27,28)25(3)4/h5-12,23H,1-4H3,(H,24,26). The van der Waals surface area contributed by atoms with Crippen LogP contribution in [-0.2, 0) is 14.8 Å². The fourth-order valence-corrected chi connectivity index (χ4v) is 3.95. The van der Waals surface area contributed by atoms with E-state index < -0.39 is 39.6 Å². The first-order valence-electron chi connectivity index (χ1n) is 8.67. The van der Waals surface area contributed by atoms with E-state index in [1.54, 1.807) is 13.8 Å². The lowest BCUT2D eigenvalue weighted by Crippen LogP contribution is -2.39. The van der Waals surface area contributed by atoms with Gasteiger partial charge in [0.1, 0.15) is 4.90 Å². The fourth-order valence-electron chi connectivity index (χ4n) is 2.55. The van der Waals surface area contributed by atoms with Gasteiger partial charge in [0, 0.05) is 25.8 Å². The summed E-state index contributed by atoms with van der Waals surface area (Å²) in [4.78, 5) is 12.4. The number of hydrogen-bond donors (Lipinski definition) is 2. The van der Waals surface area contributed by atoms with Gasteiger partial charge in [-0.25, -0.2) is 21.5 Å². The molecule has 0 radical (unpaired) electrons. The van der Waals surface area contributed by atoms with Crippen LogP contribution in [0.3, 0.4) is 0 Å². The molecule has 2 unspecified atom stereocenters. The van der Waals surface area contributed by atoms with Crippen molar-refractivity contribution in [3.8, 4) is 0 Å². The smallest absolute Gasteiger partial charge is 0.244 e. The molecule has 0 aliphatic heterocycles. The molecule has 0 saturated heterocycles. The van der Waals surface area contributed by atoms with Crippen molar-refractivity contribution >= 4 is 33.2 Å². The SMILES string of the molecule is CC(NC(C)c1ccc(F)c(F)c1)C(=O)Nc1ccc(Cl)c(S(=O)(=O)N(C)C)c1. The molecular formula is C19H22ClF2N3O3S. The average molecular weight is 446 g/mol. The monoisotopic (exact) mass is 445 g/mol. The Bertz CT molecular complexity index is 1020. The molecule has 158 valence electrons. The van der Waals surface area contributed by atoms with Gasteiger partial charge in [-0.2, -0.15) is 0 Å². The van der Waals surface area contributed by atoms with E-state index in [9.17, 15) is 22.0 Å². The highest BCUT2D eigenvalue weighted by atomic mass is 35.5. The van der Waals surface area contributed by atoms with Gasteiger partial charge < -0.3 is 5.32 Å². The maximum atomic E-state index is 13.4. The van der Waals surface area contributed by atoms with Gasteiger partial charge in [0.2, 0.25) is 15.9 Å². The van der Waals surface area contributed by atoms with Crippen LogP contribution >= 0.6 is 11.6 Å². The second-order valence-corrected chi connectivity index (χ2v) is 9.23. The zero-order chi connectivity index (χ0) is 21.9. The van der Waals surface area contributed by atoms with E-state index >= 15 is 0 Å². The Balaban J connectivity index is 2.12. The van der Waals surface area contributed by atoms with Crippen LogP contribution in [0.2, 0.25) is 5.02 Å². The number of sulfonamides is 1. The van der Waals surface area contributed by atoms with Crippen LogP contribution in [0.1, 0.15) is 25.5 Å². The second kappa shape index (κ2) is 9.17. The summed E-state index contributed by atoms with van der Waals surface area (Å²) in [5.74, 6) is -2.35. The van der Waals surface area contributed by atoms with Crippen molar-refractivity contribution in [1.29, 1.82) is 0 Å². The molecule has 0 aliphatic rings. The van der Waals surface area contributed by atoms with Crippen LogP contribution in [0.5, 0.6) is 0 Å². The number of nitrogens with zero attached hydrogens (tertiary/aromatic N) is 1. The number of anilines is 1. The molecule has 29 heavy (non-hydrogen) atoms. The van der Waals surface area contributed by atoms with Crippen LogP contribution < -0.4 is 10.6 Å². The molecule has 0 aromatic heterocycles. The van der Waals surface area contributed by atoms with Gasteiger partial charge >= 0.3 is 0 Å². The summed E-state index contributed by atoms with van der Waals surface area (Å²) in [5.41, 5.74) is 0.739. The second-order valence-electron chi connectivity index (χ2n) is 6.71. The summed E-state index contributed by atoms with van der Waals surface area (Å²) in [5, 5.41) is 5.64. The summed E-state index contributed by atoms with van der Waals surface area (Å²) in [6.07, 6.45) is 0. The molecule has 6 nitrogen and oxygen atoms in total. The molecule has 1 amide bonds. The molecule has 2 atom stereocenters. The topological polar surface area (TPSA) is 78.5 Å². The van der Waals surface area contributed by atoms with E-state index in [2.05, 4.69) is 10.6 Å². The van der Waals surface area contributed by atoms with E-state index in [0.717, 1.165) is 16.4 Å². The lowest BCUT2D eigenvalue weighted by molar-refractivity contribution is -0.117. The van der Waals surface area contributed by atoms with Crippen LogP contribution in [0.4, 0.5) is 14.5 Å². The minimum Gasteiger partial charge on any atom is -0.325 e. The zero-order valence-electron chi connectivity index (χ0n) is 16.3. The third kappa shape index (κ3) is 5.51. The third-order valence-corrected chi connectivity index (χ3v) is 6.59. The summed E-state index contributed by atoms with van der Waals surface area (Å²) in [6, 6.07) is 6.53. The van der Waals surface area contributed by atoms with Crippen LogP contribution in [0.15, 0.2) is 41.3 Å². The van der Waals surface area contributed by atoms with E-state index in [1.807, 2.05) is 0 Å². The van der Waals surface area contributed by atoms with Gasteiger partial charge in [0.05, 0.1) is 11.1 Å². The Kier molecular flexibility index (Phi) is 7.34. The highest BCUT2D eigenvalue weighted by molar-refractivity contribution is 7.89. The first-order chi connectivity index (χ1) is 13.4. The molecule has 0 fully saturated rings. The van der Waals surface area contributed by atoms with Crippen LogP contribution in [-0.4, -0.2) is 38.8 Å². The van der Waals surface area contributed by atoms with Crippen molar-refractivity contribution < 1.29 is 22.0 Å². The number of carbonyl (C=O) groups is 1. The summed E-state index contributed by atoms with van der Waals surface area (Å²) in [7, 11) is -1.03. The third-order valence-electron chi connectivity index (χ3n) is 4.29. The minimum atomic E-state index is -3.78. The zero-order valence-corrected chi connectivity index (χ0v) is 17.9. The highest BCUT2D eigenvalue weighted by Gasteiger charge is 2.22. The minimum absolute atomic E-state index is 0.0369. The molecule has 10 heteroatoms. The number of hydrogen-bond acceptors (Lipinski definition) is 4. The predicted molar refractivity (Wildman–Crippen MR) is 108 cm³/mol. The Morgan fingerprint density at radius 3 is 2.31 bits per heavy atom. The normalized spacial score (nSPS) is 13.9. The number of halogens is 3. The summed E-state index contributed by atoms with van der Waals surface area (Å²) >= 11 is 6.00. The van der Waals surface area contributed by atoms with Crippen molar-refractivity contribution in [3.05, 3.63) is 58.6 Å². The molecule has 0 spiro atoms. The van der Waals surface area contributed by atoms with Crippen molar-refractivity contribution in [1.82, 2.24) is 9.62 Å². The molecule has 2 N–H and O–H groups in total. The van der Waals surface area contributed by atoms with Crippen LogP contribution in [0, 0.1) is 11.6 Å². The lowest BCUT2D eigenvalue weighted by atomic mass is 10.1. The maximum absolute atomic E-state index is 13.4. The first kappa shape index (κ1) is 23.2. The molecule has 2 rings (SSSR count). The van der Waals surface area contributed by atoms with Crippen molar-refractivity contribution in [3.63, 3.8) is 0 Å². The highest BCUT2D eigenvalue weighted by Crippen LogP contribution is 2.27. The summed E-state index contributed by atoms with van der Waals surface area (Å²) in [6.45, 7) is 3.31. The van der Waals surface area contributed by atoms with Crippen molar-refractivity contribution in [2.24, 2.45) is 0 Å². The van der Waals surface area contributed by atoms with Gasteiger partial charge in [-0.1, -0.05) is 17.7 Å². The van der Waals surface area contributed by atoms with Crippen LogP contribution in [0.25, 0.3) is 0 Å². The van der Waals surface area contributed by atoms with Gasteiger partial charge in [-0.3, -0.25) is 10.1 Å². The quantitative estimate of drug-likeness (QED) is 0.683. The van der Waals surface area contributed by atoms with Gasteiger partial charge in [0.15, 0.2) is 11.6 Å². The average Bonchev–Trinajstić information content (AvgIpc) is 2.64. The lowest BCUT2D eigenvalue weighted by Gasteiger charge is -2.20.